The van der Waals surface area contributed by atoms with Gasteiger partial charge in [-0.1, -0.05) is 24.3 Å². The number of aryl methyl sites for hydroxylation is 1. The fourth-order valence-corrected chi connectivity index (χ4v) is 3.64. The minimum atomic E-state index is -0.788. The number of hydrogen-bond donors (Lipinski definition) is 1. The second kappa shape index (κ2) is 8.72. The molecule has 2 aromatic rings. The molecule has 0 radical (unpaired) electrons. The molecule has 2 aromatic carbocycles. The van der Waals surface area contributed by atoms with Crippen molar-refractivity contribution in [1.29, 1.82) is 0 Å². The van der Waals surface area contributed by atoms with Crippen LogP contribution in [0.4, 0.5) is 11.4 Å². The van der Waals surface area contributed by atoms with Crippen LogP contribution in [0.1, 0.15) is 40.4 Å². The lowest BCUT2D eigenvalue weighted by molar-refractivity contribution is -0.384. The van der Waals surface area contributed by atoms with Crippen molar-refractivity contribution >= 4 is 23.3 Å². The minimum Gasteiger partial charge on any atom is -0.452 e. The molecule has 0 saturated carbocycles. The summed E-state index contributed by atoms with van der Waals surface area (Å²) in [4.78, 5) is 37.1. The number of carbonyl (C=O) groups excluding carboxylic acids is 2. The van der Waals surface area contributed by atoms with Crippen LogP contribution in [0.25, 0.3) is 0 Å². The average Bonchev–Trinajstić information content (AvgIpc) is 2.75. The quantitative estimate of drug-likeness (QED) is 0.456. The summed E-state index contributed by atoms with van der Waals surface area (Å²) in [6, 6.07) is 11.8. The van der Waals surface area contributed by atoms with E-state index in [1.165, 1.54) is 17.7 Å². The van der Waals surface area contributed by atoms with Crippen LogP contribution in [0, 0.1) is 10.1 Å². The Hall–Kier alpha value is -3.42. The van der Waals surface area contributed by atoms with Crippen LogP contribution in [-0.2, 0) is 16.0 Å². The third-order valence-corrected chi connectivity index (χ3v) is 5.23. The zero-order valence-electron chi connectivity index (χ0n) is 16.4. The van der Waals surface area contributed by atoms with E-state index in [1.54, 1.807) is 19.0 Å². The zero-order valence-corrected chi connectivity index (χ0v) is 16.4. The number of nitrogens with zero attached hydrogens (tertiary/aromatic N) is 2. The first-order valence-electron chi connectivity index (χ1n) is 9.39. The number of rotatable bonds is 6. The number of carbonyl (C=O) groups is 2. The highest BCUT2D eigenvalue weighted by atomic mass is 16.6. The first kappa shape index (κ1) is 20.3. The molecule has 0 fully saturated rings. The fraction of sp³-hybridized carbons (Fsp3) is 0.333. The molecule has 3 rings (SSSR count). The zero-order chi connectivity index (χ0) is 21.0. The average molecular weight is 397 g/mol. The van der Waals surface area contributed by atoms with E-state index >= 15 is 0 Å². The predicted molar refractivity (Wildman–Crippen MR) is 108 cm³/mol. The molecule has 0 heterocycles. The minimum absolute atomic E-state index is 0.0140. The molecule has 0 bridgehead atoms. The lowest BCUT2D eigenvalue weighted by Crippen LogP contribution is -2.36. The Bertz CT molecular complexity index is 944. The van der Waals surface area contributed by atoms with Gasteiger partial charge in [0.25, 0.3) is 11.6 Å². The standard InChI is InChI=1S/C21H23N3O5/c1-22-18-11-10-15(24(27)28)12-17(18)21(26)29-13-20(25)23(2)19-9-5-7-14-6-3-4-8-16(14)19/h3-4,6,8,10-12,19,22H,5,7,9,13H2,1-2H3/t19-/m0/s1. The van der Waals surface area contributed by atoms with E-state index < -0.39 is 17.5 Å². The Balaban J connectivity index is 1.69. The van der Waals surface area contributed by atoms with Crippen LogP contribution in [0.2, 0.25) is 0 Å². The molecule has 8 nitrogen and oxygen atoms in total. The third kappa shape index (κ3) is 4.37. The van der Waals surface area contributed by atoms with E-state index in [2.05, 4.69) is 11.4 Å². The Morgan fingerprint density at radius 1 is 1.28 bits per heavy atom. The summed E-state index contributed by atoms with van der Waals surface area (Å²) < 4.78 is 5.17. The number of hydrogen-bond acceptors (Lipinski definition) is 6. The van der Waals surface area contributed by atoms with Crippen molar-refractivity contribution in [3.63, 3.8) is 0 Å². The number of nitro groups is 1. The van der Waals surface area contributed by atoms with Gasteiger partial charge in [-0.25, -0.2) is 4.79 Å². The van der Waals surface area contributed by atoms with Gasteiger partial charge in [-0.3, -0.25) is 14.9 Å². The highest BCUT2D eigenvalue weighted by Crippen LogP contribution is 2.33. The van der Waals surface area contributed by atoms with E-state index in [9.17, 15) is 19.7 Å². The largest absolute Gasteiger partial charge is 0.452 e. The maximum Gasteiger partial charge on any atom is 0.341 e. The number of esters is 1. The summed E-state index contributed by atoms with van der Waals surface area (Å²) in [5.41, 5.74) is 2.54. The fourth-order valence-electron chi connectivity index (χ4n) is 3.64. The number of nitro benzene ring substituents is 1. The Morgan fingerprint density at radius 2 is 2.03 bits per heavy atom. The van der Waals surface area contributed by atoms with Gasteiger partial charge in [-0.15, -0.1) is 0 Å². The number of anilines is 1. The van der Waals surface area contributed by atoms with E-state index in [0.717, 1.165) is 30.9 Å². The number of non-ortho nitro benzene ring substituents is 1. The summed E-state index contributed by atoms with van der Waals surface area (Å²) >= 11 is 0. The van der Waals surface area contributed by atoms with Crippen LogP contribution in [0.15, 0.2) is 42.5 Å². The second-order valence-electron chi connectivity index (χ2n) is 6.92. The van der Waals surface area contributed by atoms with Crippen LogP contribution < -0.4 is 5.32 Å². The van der Waals surface area contributed by atoms with Gasteiger partial charge in [-0.2, -0.15) is 0 Å². The Labute approximate surface area is 168 Å². The van der Waals surface area contributed by atoms with E-state index in [1.807, 2.05) is 18.2 Å². The maximum absolute atomic E-state index is 12.6. The summed E-state index contributed by atoms with van der Waals surface area (Å²) in [7, 11) is 3.30. The van der Waals surface area contributed by atoms with Gasteiger partial charge in [0.05, 0.1) is 16.5 Å². The van der Waals surface area contributed by atoms with Crippen LogP contribution in [0.3, 0.4) is 0 Å². The highest BCUT2D eigenvalue weighted by molar-refractivity contribution is 5.97. The van der Waals surface area contributed by atoms with E-state index in [4.69, 9.17) is 4.74 Å². The first-order chi connectivity index (χ1) is 13.9. The van der Waals surface area contributed by atoms with Crippen molar-refractivity contribution in [1.82, 2.24) is 4.90 Å². The Morgan fingerprint density at radius 3 is 2.76 bits per heavy atom. The molecule has 1 N–H and O–H groups in total. The summed E-state index contributed by atoms with van der Waals surface area (Å²) in [5.74, 6) is -1.11. The highest BCUT2D eigenvalue weighted by Gasteiger charge is 2.27. The van der Waals surface area contributed by atoms with Crippen molar-refractivity contribution in [3.8, 4) is 0 Å². The van der Waals surface area contributed by atoms with Crippen molar-refractivity contribution in [2.24, 2.45) is 0 Å². The second-order valence-corrected chi connectivity index (χ2v) is 6.92. The summed E-state index contributed by atoms with van der Waals surface area (Å²) in [6.45, 7) is -0.431. The van der Waals surface area contributed by atoms with E-state index in [-0.39, 0.29) is 23.2 Å². The molecular formula is C21H23N3O5. The molecule has 29 heavy (non-hydrogen) atoms. The number of nitrogens with one attached hydrogen (secondary N) is 1. The molecule has 0 saturated heterocycles. The van der Waals surface area contributed by atoms with Crippen molar-refractivity contribution in [2.45, 2.75) is 25.3 Å². The molecule has 0 aliphatic heterocycles. The molecule has 1 aliphatic rings. The molecule has 0 spiro atoms. The number of benzene rings is 2. The molecule has 1 amide bonds. The van der Waals surface area contributed by atoms with E-state index in [0.29, 0.717) is 5.69 Å². The van der Waals surface area contributed by atoms with Crippen LogP contribution in [0.5, 0.6) is 0 Å². The molecule has 1 atom stereocenters. The smallest absolute Gasteiger partial charge is 0.341 e. The molecule has 1 aliphatic carbocycles. The van der Waals surface area contributed by atoms with Crippen molar-refractivity contribution in [3.05, 3.63) is 69.3 Å². The van der Waals surface area contributed by atoms with Crippen LogP contribution >= 0.6 is 0 Å². The Kier molecular flexibility index (Phi) is 6.11. The number of likely N-dealkylation sites (N-methyl/N-ethyl adjacent to an activating group) is 1. The first-order valence-corrected chi connectivity index (χ1v) is 9.39. The maximum atomic E-state index is 12.6. The van der Waals surface area contributed by atoms with Gasteiger partial charge in [-0.05, 0) is 36.5 Å². The predicted octanol–water partition coefficient (Wildman–Crippen LogP) is 3.33. The lowest BCUT2D eigenvalue weighted by Gasteiger charge is -2.33. The topological polar surface area (TPSA) is 102 Å². The normalized spacial score (nSPS) is 15.2. The van der Waals surface area contributed by atoms with Gasteiger partial charge in [0.2, 0.25) is 0 Å². The van der Waals surface area contributed by atoms with Gasteiger partial charge in [0, 0.05) is 31.9 Å². The van der Waals surface area contributed by atoms with Gasteiger partial charge < -0.3 is 15.0 Å². The third-order valence-electron chi connectivity index (χ3n) is 5.23. The summed E-state index contributed by atoms with van der Waals surface area (Å²) in [6.07, 6.45) is 2.82. The van der Waals surface area contributed by atoms with Crippen molar-refractivity contribution < 1.29 is 19.2 Å². The SMILES string of the molecule is CNc1ccc([N+](=O)[O-])cc1C(=O)OCC(=O)N(C)[C@H]1CCCc2ccccc21. The molecule has 0 unspecified atom stereocenters. The molecule has 0 aromatic heterocycles. The number of fused-ring (bicyclic) bond motifs is 1. The van der Waals surface area contributed by atoms with Crippen molar-refractivity contribution in [2.75, 3.05) is 26.0 Å². The number of amides is 1. The van der Waals surface area contributed by atoms with Gasteiger partial charge in [0.1, 0.15) is 0 Å². The molecular weight excluding hydrogens is 374 g/mol. The molecule has 8 heteroatoms. The monoisotopic (exact) mass is 397 g/mol. The lowest BCUT2D eigenvalue weighted by atomic mass is 9.87. The van der Waals surface area contributed by atoms with Gasteiger partial charge >= 0.3 is 5.97 Å². The molecule has 152 valence electrons. The van der Waals surface area contributed by atoms with Crippen LogP contribution in [-0.4, -0.2) is 42.4 Å². The van der Waals surface area contributed by atoms with Gasteiger partial charge in [0.15, 0.2) is 6.61 Å². The summed E-state index contributed by atoms with van der Waals surface area (Å²) in [5, 5.41) is 13.8. The number of ether oxygens (including phenoxy) is 1.